The van der Waals surface area contributed by atoms with E-state index in [9.17, 15) is 13.6 Å². The Morgan fingerprint density at radius 2 is 2.00 bits per heavy atom. The van der Waals surface area contributed by atoms with Gasteiger partial charge in [-0.2, -0.15) is 4.98 Å². The van der Waals surface area contributed by atoms with Crippen LogP contribution in [0.3, 0.4) is 0 Å². The van der Waals surface area contributed by atoms with Crippen LogP contribution in [0, 0.1) is 24.5 Å². The van der Waals surface area contributed by atoms with E-state index in [1.165, 1.54) is 6.07 Å². The molecule has 2 heterocycles. The van der Waals surface area contributed by atoms with Crippen molar-refractivity contribution < 1.29 is 18.1 Å². The first kappa shape index (κ1) is 20.2. The molecule has 0 bridgehead atoms. The summed E-state index contributed by atoms with van der Waals surface area (Å²) in [7, 11) is 0. The zero-order valence-corrected chi connectivity index (χ0v) is 16.6. The van der Waals surface area contributed by atoms with Gasteiger partial charge in [-0.05, 0) is 51.1 Å². The van der Waals surface area contributed by atoms with Crippen LogP contribution in [0.4, 0.5) is 14.5 Å². The number of carbonyl (C=O) groups excluding carboxylic acids is 1. The van der Waals surface area contributed by atoms with Crippen LogP contribution in [0.2, 0.25) is 0 Å². The number of nitrogens with one attached hydrogen (secondary N) is 1. The lowest BCUT2D eigenvalue weighted by molar-refractivity contribution is -0.121. The minimum Gasteiger partial charge on any atom is -0.338 e. The average Bonchev–Trinajstić information content (AvgIpc) is 3.19. The molecule has 156 valence electrons. The van der Waals surface area contributed by atoms with E-state index in [0.717, 1.165) is 23.3 Å². The molecule has 1 saturated heterocycles. The number of aromatic nitrogens is 2. The Morgan fingerprint density at radius 3 is 2.73 bits per heavy atom. The highest BCUT2D eigenvalue weighted by molar-refractivity contribution is 5.92. The maximum atomic E-state index is 13.7. The second kappa shape index (κ2) is 8.71. The molecular weight excluding hydrogens is 390 g/mol. The smallest absolute Gasteiger partial charge is 0.241 e. The van der Waals surface area contributed by atoms with Gasteiger partial charge in [0.2, 0.25) is 17.6 Å². The van der Waals surface area contributed by atoms with Crippen molar-refractivity contribution in [3.8, 4) is 11.4 Å². The Morgan fingerprint density at radius 1 is 1.20 bits per heavy atom. The number of hydrogen-bond acceptors (Lipinski definition) is 5. The highest BCUT2D eigenvalue weighted by atomic mass is 19.1. The fourth-order valence-corrected chi connectivity index (χ4v) is 3.59. The Hall–Kier alpha value is -3.13. The van der Waals surface area contributed by atoms with Crippen LogP contribution in [-0.2, 0) is 11.3 Å². The molecule has 1 aliphatic heterocycles. The van der Waals surface area contributed by atoms with Crippen molar-refractivity contribution in [1.82, 2.24) is 15.0 Å². The number of nitrogens with zero attached hydrogens (tertiary/aromatic N) is 3. The number of piperidine rings is 1. The van der Waals surface area contributed by atoms with Crippen LogP contribution < -0.4 is 5.32 Å². The number of rotatable bonds is 5. The summed E-state index contributed by atoms with van der Waals surface area (Å²) in [6, 6.07) is 11.0. The first-order valence-corrected chi connectivity index (χ1v) is 9.86. The minimum atomic E-state index is -0.776. The van der Waals surface area contributed by atoms with E-state index < -0.39 is 11.6 Å². The van der Waals surface area contributed by atoms with Crippen LogP contribution in [0.25, 0.3) is 11.4 Å². The van der Waals surface area contributed by atoms with Gasteiger partial charge in [-0.1, -0.05) is 28.9 Å². The largest absolute Gasteiger partial charge is 0.338 e. The van der Waals surface area contributed by atoms with Crippen molar-refractivity contribution in [1.29, 1.82) is 0 Å². The average molecular weight is 412 g/mol. The molecule has 0 spiro atoms. The van der Waals surface area contributed by atoms with Crippen LogP contribution in [0.5, 0.6) is 0 Å². The SMILES string of the molecule is Cc1cccc(-c2noc(CN3CCC(C(=O)Nc4ccc(F)cc4F)CC3)n2)c1. The molecule has 1 aromatic heterocycles. The highest BCUT2D eigenvalue weighted by Crippen LogP contribution is 2.23. The predicted octanol–water partition coefficient (Wildman–Crippen LogP) is 4.17. The Kier molecular flexibility index (Phi) is 5.85. The molecule has 0 radical (unpaired) electrons. The molecular formula is C22H22F2N4O2. The molecule has 30 heavy (non-hydrogen) atoms. The monoisotopic (exact) mass is 412 g/mol. The number of likely N-dealkylation sites (tertiary alicyclic amines) is 1. The van der Waals surface area contributed by atoms with Crippen LogP contribution in [0.1, 0.15) is 24.3 Å². The number of amides is 1. The first-order valence-electron chi connectivity index (χ1n) is 9.86. The Bertz CT molecular complexity index is 1050. The highest BCUT2D eigenvalue weighted by Gasteiger charge is 2.26. The summed E-state index contributed by atoms with van der Waals surface area (Å²) < 4.78 is 32.1. The molecule has 1 aliphatic rings. The minimum absolute atomic E-state index is 0.00151. The molecule has 0 saturated carbocycles. The normalized spacial score (nSPS) is 15.3. The van der Waals surface area contributed by atoms with Gasteiger partial charge < -0.3 is 9.84 Å². The van der Waals surface area contributed by atoms with Gasteiger partial charge in [0, 0.05) is 17.5 Å². The van der Waals surface area contributed by atoms with Crippen LogP contribution in [0.15, 0.2) is 47.0 Å². The summed E-state index contributed by atoms with van der Waals surface area (Å²) in [5.74, 6) is -0.838. The fourth-order valence-electron chi connectivity index (χ4n) is 3.59. The van der Waals surface area contributed by atoms with Gasteiger partial charge in [0.15, 0.2) is 0 Å². The summed E-state index contributed by atoms with van der Waals surface area (Å²) in [4.78, 5) is 19.0. The molecule has 3 aromatic rings. The van der Waals surface area contributed by atoms with Crippen molar-refractivity contribution in [3.63, 3.8) is 0 Å². The third-order valence-electron chi connectivity index (χ3n) is 5.25. The van der Waals surface area contributed by atoms with Crippen molar-refractivity contribution in [3.05, 3.63) is 65.6 Å². The second-order valence-electron chi connectivity index (χ2n) is 7.55. The molecule has 6 nitrogen and oxygen atoms in total. The van der Waals surface area contributed by atoms with Gasteiger partial charge in [0.25, 0.3) is 0 Å². The number of aryl methyl sites for hydroxylation is 1. The number of benzene rings is 2. The fraction of sp³-hybridized carbons (Fsp3) is 0.318. The number of anilines is 1. The molecule has 0 atom stereocenters. The lowest BCUT2D eigenvalue weighted by Gasteiger charge is -2.30. The zero-order chi connectivity index (χ0) is 21.1. The predicted molar refractivity (Wildman–Crippen MR) is 107 cm³/mol. The van der Waals surface area contributed by atoms with E-state index in [1.807, 2.05) is 31.2 Å². The standard InChI is InChI=1S/C22H22F2N4O2/c1-14-3-2-4-16(11-14)21-26-20(30-27-21)13-28-9-7-15(8-10-28)22(29)25-19-6-5-17(23)12-18(19)24/h2-6,11-12,15H,7-10,13H2,1H3,(H,25,29). The topological polar surface area (TPSA) is 71.3 Å². The molecule has 8 heteroatoms. The Labute approximate surface area is 172 Å². The van der Waals surface area contributed by atoms with Gasteiger partial charge >= 0.3 is 0 Å². The zero-order valence-electron chi connectivity index (χ0n) is 16.6. The number of carbonyl (C=O) groups is 1. The third-order valence-corrected chi connectivity index (χ3v) is 5.25. The van der Waals surface area contributed by atoms with Gasteiger partial charge in [-0.25, -0.2) is 8.78 Å². The molecule has 2 aromatic carbocycles. The summed E-state index contributed by atoms with van der Waals surface area (Å²) in [5, 5.41) is 6.62. The summed E-state index contributed by atoms with van der Waals surface area (Å²) in [6.45, 7) is 3.90. The molecule has 1 amide bonds. The van der Waals surface area contributed by atoms with E-state index in [4.69, 9.17) is 4.52 Å². The van der Waals surface area contributed by atoms with Gasteiger partial charge in [-0.3, -0.25) is 9.69 Å². The summed E-state index contributed by atoms with van der Waals surface area (Å²) >= 11 is 0. The van der Waals surface area contributed by atoms with E-state index >= 15 is 0 Å². The van der Waals surface area contributed by atoms with E-state index in [1.54, 1.807) is 0 Å². The maximum Gasteiger partial charge on any atom is 0.241 e. The Balaban J connectivity index is 1.30. The maximum absolute atomic E-state index is 13.7. The van der Waals surface area contributed by atoms with Gasteiger partial charge in [-0.15, -0.1) is 0 Å². The van der Waals surface area contributed by atoms with Crippen molar-refractivity contribution in [2.45, 2.75) is 26.3 Å². The van der Waals surface area contributed by atoms with Gasteiger partial charge in [0.05, 0.1) is 12.2 Å². The van der Waals surface area contributed by atoms with Crippen molar-refractivity contribution in [2.24, 2.45) is 5.92 Å². The number of halogens is 2. The summed E-state index contributed by atoms with van der Waals surface area (Å²) in [6.07, 6.45) is 1.26. The van der Waals surface area contributed by atoms with Crippen LogP contribution in [-0.4, -0.2) is 34.0 Å². The third kappa shape index (κ3) is 4.71. The van der Waals surface area contributed by atoms with E-state index in [2.05, 4.69) is 20.4 Å². The molecule has 1 N–H and O–H groups in total. The lowest BCUT2D eigenvalue weighted by Crippen LogP contribution is -2.37. The molecule has 4 rings (SSSR count). The number of hydrogen-bond donors (Lipinski definition) is 1. The second-order valence-corrected chi connectivity index (χ2v) is 7.55. The van der Waals surface area contributed by atoms with Crippen LogP contribution >= 0.6 is 0 Å². The van der Waals surface area contributed by atoms with E-state index in [0.29, 0.717) is 44.2 Å². The van der Waals surface area contributed by atoms with E-state index in [-0.39, 0.29) is 17.5 Å². The first-order chi connectivity index (χ1) is 14.5. The quantitative estimate of drug-likeness (QED) is 0.681. The molecule has 0 aliphatic carbocycles. The molecule has 1 fully saturated rings. The van der Waals surface area contributed by atoms with Crippen molar-refractivity contribution >= 4 is 11.6 Å². The summed E-state index contributed by atoms with van der Waals surface area (Å²) in [5.41, 5.74) is 2.03. The molecule has 0 unspecified atom stereocenters. The lowest BCUT2D eigenvalue weighted by atomic mass is 9.96. The van der Waals surface area contributed by atoms with Crippen molar-refractivity contribution in [2.75, 3.05) is 18.4 Å². The van der Waals surface area contributed by atoms with Gasteiger partial charge in [0.1, 0.15) is 11.6 Å².